The molecule has 0 aliphatic heterocycles. The van der Waals surface area contributed by atoms with Gasteiger partial charge < -0.3 is 10.2 Å². The van der Waals surface area contributed by atoms with E-state index in [4.69, 9.17) is 4.98 Å². The van der Waals surface area contributed by atoms with Crippen LogP contribution in [0.5, 0.6) is 0 Å². The molecule has 1 heterocycles. The van der Waals surface area contributed by atoms with Gasteiger partial charge in [-0.25, -0.2) is 0 Å². The lowest BCUT2D eigenvalue weighted by molar-refractivity contribution is 0.580. The maximum absolute atomic E-state index is 4.72. The Kier molecular flexibility index (Phi) is 5.34. The molecule has 1 aromatic carbocycles. The van der Waals surface area contributed by atoms with Gasteiger partial charge in [0.15, 0.2) is 0 Å². The van der Waals surface area contributed by atoms with Crippen molar-refractivity contribution in [1.82, 2.24) is 10.3 Å². The second-order valence-electron chi connectivity index (χ2n) is 5.85. The predicted octanol–water partition coefficient (Wildman–Crippen LogP) is 3.52. The number of benzene rings is 1. The Morgan fingerprint density at radius 1 is 1.05 bits per heavy atom. The van der Waals surface area contributed by atoms with Crippen LogP contribution in [0, 0.1) is 6.92 Å². The normalized spacial score (nSPS) is 10.9. The fourth-order valence-electron chi connectivity index (χ4n) is 2.16. The Hall–Kier alpha value is -1.87. The molecule has 0 amide bonds. The number of anilines is 1. The lowest BCUT2D eigenvalue weighted by Crippen LogP contribution is -2.23. The second-order valence-corrected chi connectivity index (χ2v) is 5.85. The molecule has 0 radical (unpaired) electrons. The van der Waals surface area contributed by atoms with Gasteiger partial charge in [0.1, 0.15) is 0 Å². The summed E-state index contributed by atoms with van der Waals surface area (Å²) in [5.74, 6) is 0. The summed E-state index contributed by atoms with van der Waals surface area (Å²) in [5, 5.41) is 3.40. The van der Waals surface area contributed by atoms with Crippen LogP contribution in [0.15, 0.2) is 42.5 Å². The van der Waals surface area contributed by atoms with Crippen LogP contribution in [-0.4, -0.2) is 18.1 Å². The topological polar surface area (TPSA) is 28.2 Å². The molecule has 0 aliphatic rings. The maximum atomic E-state index is 4.72. The van der Waals surface area contributed by atoms with Crippen LogP contribution < -0.4 is 10.2 Å². The lowest BCUT2D eigenvalue weighted by atomic mass is 10.2. The van der Waals surface area contributed by atoms with Gasteiger partial charge in [-0.3, -0.25) is 4.98 Å². The van der Waals surface area contributed by atoms with E-state index in [1.807, 2.05) is 0 Å². The van der Waals surface area contributed by atoms with Crippen LogP contribution in [0.4, 0.5) is 5.69 Å². The van der Waals surface area contributed by atoms with Crippen molar-refractivity contribution in [1.29, 1.82) is 0 Å². The van der Waals surface area contributed by atoms with Crippen molar-refractivity contribution in [2.45, 2.75) is 39.9 Å². The van der Waals surface area contributed by atoms with Gasteiger partial charge in [0.25, 0.3) is 0 Å². The molecule has 112 valence electrons. The molecular formula is C18H25N3. The zero-order valence-corrected chi connectivity index (χ0v) is 13.4. The van der Waals surface area contributed by atoms with Crippen molar-refractivity contribution >= 4 is 5.69 Å². The molecule has 0 aliphatic carbocycles. The minimum atomic E-state index is 0.477. The Balaban J connectivity index is 2.01. The average molecular weight is 283 g/mol. The summed E-state index contributed by atoms with van der Waals surface area (Å²) >= 11 is 0. The third-order valence-corrected chi connectivity index (χ3v) is 3.43. The predicted molar refractivity (Wildman–Crippen MR) is 89.5 cm³/mol. The zero-order valence-electron chi connectivity index (χ0n) is 13.4. The highest BCUT2D eigenvalue weighted by Gasteiger charge is 2.04. The highest BCUT2D eigenvalue weighted by atomic mass is 15.1. The van der Waals surface area contributed by atoms with Crippen molar-refractivity contribution in [2.24, 2.45) is 0 Å². The molecule has 0 fully saturated rings. The summed E-state index contributed by atoms with van der Waals surface area (Å²) in [7, 11) is 2.10. The van der Waals surface area contributed by atoms with Crippen molar-refractivity contribution in [3.05, 3.63) is 59.4 Å². The van der Waals surface area contributed by atoms with Crippen molar-refractivity contribution in [3.63, 3.8) is 0 Å². The van der Waals surface area contributed by atoms with E-state index in [1.165, 1.54) is 11.3 Å². The summed E-state index contributed by atoms with van der Waals surface area (Å²) in [6.45, 7) is 8.04. The third kappa shape index (κ3) is 4.87. The number of aryl methyl sites for hydroxylation is 1. The highest BCUT2D eigenvalue weighted by molar-refractivity contribution is 5.46. The van der Waals surface area contributed by atoms with E-state index in [-0.39, 0.29) is 0 Å². The van der Waals surface area contributed by atoms with Crippen molar-refractivity contribution in [2.75, 3.05) is 11.9 Å². The van der Waals surface area contributed by atoms with E-state index in [9.17, 15) is 0 Å². The Bertz CT molecular complexity index is 561. The molecule has 3 heteroatoms. The van der Waals surface area contributed by atoms with E-state index in [0.717, 1.165) is 24.5 Å². The number of rotatable bonds is 6. The first kappa shape index (κ1) is 15.5. The Morgan fingerprint density at radius 2 is 1.71 bits per heavy atom. The molecule has 0 saturated heterocycles. The van der Waals surface area contributed by atoms with Gasteiger partial charge in [-0.15, -0.1) is 0 Å². The Morgan fingerprint density at radius 3 is 2.38 bits per heavy atom. The molecule has 21 heavy (non-hydrogen) atoms. The standard InChI is InChI=1S/C18H25N3/c1-14(2)19-12-16-6-5-7-17(20-16)13-21(4)18-10-8-15(3)9-11-18/h5-11,14,19H,12-13H2,1-4H3. The molecule has 0 spiro atoms. The fraction of sp³-hybridized carbons (Fsp3) is 0.389. The lowest BCUT2D eigenvalue weighted by Gasteiger charge is -2.19. The van der Waals surface area contributed by atoms with Crippen LogP contribution in [0.25, 0.3) is 0 Å². The van der Waals surface area contributed by atoms with Gasteiger partial charge in [0.05, 0.1) is 17.9 Å². The second kappa shape index (κ2) is 7.23. The monoisotopic (exact) mass is 283 g/mol. The van der Waals surface area contributed by atoms with Crippen LogP contribution in [-0.2, 0) is 13.1 Å². The number of nitrogens with one attached hydrogen (secondary N) is 1. The molecular weight excluding hydrogens is 258 g/mol. The van der Waals surface area contributed by atoms with E-state index >= 15 is 0 Å². The zero-order chi connectivity index (χ0) is 15.2. The number of aromatic nitrogens is 1. The first-order valence-electron chi connectivity index (χ1n) is 7.50. The van der Waals surface area contributed by atoms with Crippen LogP contribution in [0.3, 0.4) is 0 Å². The summed E-state index contributed by atoms with van der Waals surface area (Å²) in [6, 6.07) is 15.3. The van der Waals surface area contributed by atoms with Crippen LogP contribution >= 0.6 is 0 Å². The van der Waals surface area contributed by atoms with Crippen LogP contribution in [0.1, 0.15) is 30.8 Å². The first-order chi connectivity index (χ1) is 10.0. The maximum Gasteiger partial charge on any atom is 0.0600 e. The molecule has 0 bridgehead atoms. The Labute approximate surface area is 128 Å². The molecule has 3 nitrogen and oxygen atoms in total. The minimum absolute atomic E-state index is 0.477. The molecule has 1 aromatic heterocycles. The molecule has 0 unspecified atom stereocenters. The number of hydrogen-bond donors (Lipinski definition) is 1. The van der Waals surface area contributed by atoms with Gasteiger partial charge >= 0.3 is 0 Å². The molecule has 2 rings (SSSR count). The van der Waals surface area contributed by atoms with E-state index < -0.39 is 0 Å². The molecule has 2 aromatic rings. The highest BCUT2D eigenvalue weighted by Crippen LogP contribution is 2.15. The van der Waals surface area contributed by atoms with Gasteiger partial charge in [0, 0.05) is 25.3 Å². The van der Waals surface area contributed by atoms with Gasteiger partial charge in [-0.1, -0.05) is 37.6 Å². The van der Waals surface area contributed by atoms with E-state index in [1.54, 1.807) is 0 Å². The van der Waals surface area contributed by atoms with Gasteiger partial charge in [-0.2, -0.15) is 0 Å². The summed E-state index contributed by atoms with van der Waals surface area (Å²) < 4.78 is 0. The summed E-state index contributed by atoms with van der Waals surface area (Å²) in [5.41, 5.74) is 4.69. The quantitative estimate of drug-likeness (QED) is 0.879. The largest absolute Gasteiger partial charge is 0.369 e. The molecule has 1 N–H and O–H groups in total. The SMILES string of the molecule is Cc1ccc(N(C)Cc2cccc(CNC(C)C)n2)cc1. The number of pyridine rings is 1. The number of nitrogens with zero attached hydrogens (tertiary/aromatic N) is 2. The van der Waals surface area contributed by atoms with Gasteiger partial charge in [0.2, 0.25) is 0 Å². The van der Waals surface area contributed by atoms with Crippen LogP contribution in [0.2, 0.25) is 0 Å². The smallest absolute Gasteiger partial charge is 0.0600 e. The first-order valence-corrected chi connectivity index (χ1v) is 7.50. The molecule has 0 saturated carbocycles. The van der Waals surface area contributed by atoms with E-state index in [2.05, 4.69) is 80.5 Å². The van der Waals surface area contributed by atoms with Gasteiger partial charge in [-0.05, 0) is 31.2 Å². The third-order valence-electron chi connectivity index (χ3n) is 3.43. The van der Waals surface area contributed by atoms with Crippen molar-refractivity contribution in [3.8, 4) is 0 Å². The minimum Gasteiger partial charge on any atom is -0.369 e. The summed E-state index contributed by atoms with van der Waals surface area (Å²) in [4.78, 5) is 6.95. The summed E-state index contributed by atoms with van der Waals surface area (Å²) in [6.07, 6.45) is 0. The fourth-order valence-corrected chi connectivity index (χ4v) is 2.16. The molecule has 0 atom stereocenters. The number of hydrogen-bond acceptors (Lipinski definition) is 3. The van der Waals surface area contributed by atoms with E-state index in [0.29, 0.717) is 6.04 Å². The van der Waals surface area contributed by atoms with Crippen molar-refractivity contribution < 1.29 is 0 Å². The average Bonchev–Trinajstić information content (AvgIpc) is 2.46.